The van der Waals surface area contributed by atoms with Crippen LogP contribution in [0.1, 0.15) is 0 Å². The van der Waals surface area contributed by atoms with Gasteiger partial charge in [0, 0.05) is 12.0 Å². The Hall–Kier alpha value is -1.42. The van der Waals surface area contributed by atoms with Crippen LogP contribution in [0.5, 0.6) is 0 Å². The van der Waals surface area contributed by atoms with E-state index in [4.69, 9.17) is 5.53 Å². The van der Waals surface area contributed by atoms with Gasteiger partial charge in [-0.3, -0.25) is 4.90 Å². The molecule has 1 atom stereocenters. The van der Waals surface area contributed by atoms with Crippen LogP contribution in [-0.4, -0.2) is 30.8 Å². The zero-order valence-electron chi connectivity index (χ0n) is 5.39. The smallest absolute Gasteiger partial charge is 0.410 e. The lowest BCUT2D eigenvalue weighted by molar-refractivity contribution is 0.163. The Labute approximate surface area is 57.0 Å². The van der Waals surface area contributed by atoms with Crippen LogP contribution < -0.4 is 0 Å². The van der Waals surface area contributed by atoms with Gasteiger partial charge in [0.25, 0.3) is 0 Å². The molecule has 1 aliphatic rings. The predicted octanol–water partition coefficient (Wildman–Crippen LogP) is 0.705. The average molecular weight is 142 g/mol. The second kappa shape index (κ2) is 2.45. The van der Waals surface area contributed by atoms with Crippen molar-refractivity contribution in [3.05, 3.63) is 10.4 Å². The molecule has 1 heterocycles. The maximum atomic E-state index is 10.6. The first-order valence-corrected chi connectivity index (χ1v) is 2.69. The van der Waals surface area contributed by atoms with Crippen molar-refractivity contribution < 1.29 is 9.53 Å². The maximum Gasteiger partial charge on any atom is 0.410 e. The molecule has 0 radical (unpaired) electrons. The fourth-order valence-electron chi connectivity index (χ4n) is 0.652. The number of nitrogens with zero attached hydrogens (tertiary/aromatic N) is 4. The van der Waals surface area contributed by atoms with Gasteiger partial charge in [-0.1, -0.05) is 5.11 Å². The minimum absolute atomic E-state index is 0.152. The van der Waals surface area contributed by atoms with Crippen molar-refractivity contribution in [2.24, 2.45) is 5.11 Å². The number of azide groups is 1. The van der Waals surface area contributed by atoms with E-state index >= 15 is 0 Å². The summed E-state index contributed by atoms with van der Waals surface area (Å²) < 4.78 is 4.55. The highest BCUT2D eigenvalue weighted by Gasteiger charge is 2.27. The van der Waals surface area contributed by atoms with Gasteiger partial charge in [-0.2, -0.15) is 0 Å². The first-order valence-electron chi connectivity index (χ1n) is 2.69. The summed E-state index contributed by atoms with van der Waals surface area (Å²) in [6.45, 7) is 0.152. The lowest BCUT2D eigenvalue weighted by Gasteiger charge is -2.07. The molecule has 0 spiro atoms. The number of amides is 1. The van der Waals surface area contributed by atoms with Gasteiger partial charge in [0.15, 0.2) is 0 Å². The average Bonchev–Trinajstić information content (AvgIpc) is 2.20. The second-order valence-electron chi connectivity index (χ2n) is 1.87. The number of carbonyl (C=O) groups is 1. The highest BCUT2D eigenvalue weighted by atomic mass is 16.6. The predicted molar refractivity (Wildman–Crippen MR) is 32.0 cm³/mol. The van der Waals surface area contributed by atoms with Crippen molar-refractivity contribution in [3.63, 3.8) is 0 Å². The Morgan fingerprint density at radius 3 is 3.10 bits per heavy atom. The fourth-order valence-corrected chi connectivity index (χ4v) is 0.652. The van der Waals surface area contributed by atoms with Gasteiger partial charge >= 0.3 is 6.09 Å². The molecular formula is C4H6N4O2. The topological polar surface area (TPSA) is 78.3 Å². The van der Waals surface area contributed by atoms with Crippen LogP contribution in [0.15, 0.2) is 5.11 Å². The summed E-state index contributed by atoms with van der Waals surface area (Å²) in [4.78, 5) is 14.4. The van der Waals surface area contributed by atoms with E-state index < -0.39 is 12.3 Å². The second-order valence-corrected chi connectivity index (χ2v) is 1.87. The van der Waals surface area contributed by atoms with Gasteiger partial charge in [-0.05, 0) is 5.53 Å². The Balaban J connectivity index is 2.65. The summed E-state index contributed by atoms with van der Waals surface area (Å²) in [5, 5.41) is 3.32. The number of cyclic esters (lactones) is 1. The van der Waals surface area contributed by atoms with Gasteiger partial charge in [0.2, 0.25) is 0 Å². The molecule has 1 amide bonds. The van der Waals surface area contributed by atoms with Crippen LogP contribution >= 0.6 is 0 Å². The molecule has 0 saturated carbocycles. The largest absolute Gasteiger partial charge is 0.447 e. The van der Waals surface area contributed by atoms with Gasteiger partial charge in [0.05, 0.1) is 0 Å². The highest BCUT2D eigenvalue weighted by molar-refractivity contribution is 5.69. The molecule has 0 aliphatic carbocycles. The first-order chi connectivity index (χ1) is 4.75. The van der Waals surface area contributed by atoms with Crippen LogP contribution in [0.4, 0.5) is 4.79 Å². The monoisotopic (exact) mass is 142 g/mol. The van der Waals surface area contributed by atoms with E-state index in [9.17, 15) is 4.79 Å². The number of ether oxygens (including phenoxy) is 1. The van der Waals surface area contributed by atoms with Crippen molar-refractivity contribution in [1.29, 1.82) is 0 Å². The minimum Gasteiger partial charge on any atom is -0.447 e. The Morgan fingerprint density at radius 2 is 2.70 bits per heavy atom. The van der Waals surface area contributed by atoms with Gasteiger partial charge in [0.1, 0.15) is 12.8 Å². The Morgan fingerprint density at radius 1 is 2.00 bits per heavy atom. The lowest BCUT2D eigenvalue weighted by atomic mass is 10.5. The van der Waals surface area contributed by atoms with Crippen LogP contribution in [0.2, 0.25) is 0 Å². The van der Waals surface area contributed by atoms with E-state index in [1.54, 1.807) is 0 Å². The molecule has 10 heavy (non-hydrogen) atoms. The normalized spacial score (nSPS) is 23.9. The molecule has 54 valence electrons. The molecule has 0 bridgehead atoms. The molecule has 1 rings (SSSR count). The summed E-state index contributed by atoms with van der Waals surface area (Å²) in [6.07, 6.45) is -0.921. The number of carbonyl (C=O) groups excluding carboxylic acids is 1. The Bertz CT molecular complexity index is 197. The van der Waals surface area contributed by atoms with Gasteiger partial charge in [-0.25, -0.2) is 4.79 Å². The zero-order chi connectivity index (χ0) is 7.56. The zero-order valence-corrected chi connectivity index (χ0v) is 5.39. The third-order valence-corrected chi connectivity index (χ3v) is 1.28. The minimum atomic E-state index is -0.475. The molecule has 1 unspecified atom stereocenters. The third kappa shape index (κ3) is 0.964. The van der Waals surface area contributed by atoms with Crippen LogP contribution in [0, 0.1) is 0 Å². The van der Waals surface area contributed by atoms with Crippen molar-refractivity contribution in [2.75, 3.05) is 13.7 Å². The molecular weight excluding hydrogens is 136 g/mol. The van der Waals surface area contributed by atoms with Crippen LogP contribution in [0.3, 0.4) is 0 Å². The molecule has 0 aromatic carbocycles. The van der Waals surface area contributed by atoms with E-state index in [1.807, 2.05) is 0 Å². The summed E-state index contributed by atoms with van der Waals surface area (Å²) in [5.41, 5.74) is 8.00. The lowest BCUT2D eigenvalue weighted by Crippen LogP contribution is -2.26. The molecule has 6 heteroatoms. The van der Waals surface area contributed by atoms with Crippen LogP contribution in [0.25, 0.3) is 10.4 Å². The standard InChI is InChI=1S/C4H6N4O2/c1-8-3(6-7-5)2-10-4(8)9/h3H,2H2,1H3. The maximum absolute atomic E-state index is 10.6. The van der Waals surface area contributed by atoms with Gasteiger partial charge < -0.3 is 4.74 Å². The van der Waals surface area contributed by atoms with Crippen molar-refractivity contribution in [3.8, 4) is 0 Å². The van der Waals surface area contributed by atoms with E-state index in [2.05, 4.69) is 14.8 Å². The fraction of sp³-hybridized carbons (Fsp3) is 0.750. The number of hydrogen-bond donors (Lipinski definition) is 0. The first kappa shape index (κ1) is 6.70. The summed E-state index contributed by atoms with van der Waals surface area (Å²) in [5.74, 6) is 0. The summed E-state index contributed by atoms with van der Waals surface area (Å²) in [6, 6.07) is 0. The molecule has 0 N–H and O–H groups in total. The van der Waals surface area contributed by atoms with E-state index in [1.165, 1.54) is 11.9 Å². The molecule has 1 saturated heterocycles. The highest BCUT2D eigenvalue weighted by Crippen LogP contribution is 2.09. The third-order valence-electron chi connectivity index (χ3n) is 1.28. The van der Waals surface area contributed by atoms with Crippen molar-refractivity contribution in [1.82, 2.24) is 4.90 Å². The van der Waals surface area contributed by atoms with Crippen LogP contribution in [-0.2, 0) is 4.74 Å². The Kier molecular flexibility index (Phi) is 1.64. The van der Waals surface area contributed by atoms with E-state index in [0.29, 0.717) is 0 Å². The SMILES string of the molecule is CN1C(=O)OCC1N=[N+]=[N-]. The molecule has 6 nitrogen and oxygen atoms in total. The summed E-state index contributed by atoms with van der Waals surface area (Å²) in [7, 11) is 1.52. The van der Waals surface area contributed by atoms with Crippen molar-refractivity contribution in [2.45, 2.75) is 6.17 Å². The van der Waals surface area contributed by atoms with E-state index in [-0.39, 0.29) is 6.61 Å². The molecule has 1 fully saturated rings. The van der Waals surface area contributed by atoms with Crippen molar-refractivity contribution >= 4 is 6.09 Å². The molecule has 0 aromatic rings. The van der Waals surface area contributed by atoms with Gasteiger partial charge in [-0.15, -0.1) is 0 Å². The number of hydrogen-bond acceptors (Lipinski definition) is 3. The van der Waals surface area contributed by atoms with E-state index in [0.717, 1.165) is 0 Å². The molecule has 0 aromatic heterocycles. The number of rotatable bonds is 1. The number of likely N-dealkylation sites (N-methyl/N-ethyl adjacent to an activating group) is 1. The summed E-state index contributed by atoms with van der Waals surface area (Å²) >= 11 is 0. The molecule has 1 aliphatic heterocycles. The quantitative estimate of drug-likeness (QED) is 0.307.